The van der Waals surface area contributed by atoms with E-state index < -0.39 is 0 Å². The molecule has 0 radical (unpaired) electrons. The maximum Gasteiger partial charge on any atom is 0.263 e. The number of carbonyl (C=O) groups is 3. The van der Waals surface area contributed by atoms with Gasteiger partial charge in [0.25, 0.3) is 17.7 Å². The highest BCUT2D eigenvalue weighted by Gasteiger charge is 2.34. The van der Waals surface area contributed by atoms with E-state index >= 15 is 0 Å². The molecule has 2 heterocycles. The van der Waals surface area contributed by atoms with E-state index in [1.54, 1.807) is 60.7 Å². The number of carbonyl (C=O) groups excluding carboxylic acids is 3. The third-order valence-corrected chi connectivity index (χ3v) is 6.61. The van der Waals surface area contributed by atoms with E-state index in [1.165, 1.54) is 9.47 Å². The number of hydrogen-bond donors (Lipinski definition) is 0. The lowest BCUT2D eigenvalue weighted by Gasteiger charge is -2.14. The quantitative estimate of drug-likeness (QED) is 0.352. The van der Waals surface area contributed by atoms with E-state index in [0.29, 0.717) is 57.0 Å². The molecule has 4 aromatic rings. The fourth-order valence-electron chi connectivity index (χ4n) is 4.17. The maximum absolute atomic E-state index is 13.5. The molecule has 0 unspecified atom stereocenters. The van der Waals surface area contributed by atoms with Gasteiger partial charge in [-0.15, -0.1) is 0 Å². The van der Waals surface area contributed by atoms with Crippen LogP contribution in [0.5, 0.6) is 0 Å². The molecule has 5 rings (SSSR count). The second-order valence-corrected chi connectivity index (χ2v) is 8.84. The molecule has 35 heavy (non-hydrogen) atoms. The van der Waals surface area contributed by atoms with E-state index in [4.69, 9.17) is 28.5 Å². The zero-order valence-corrected chi connectivity index (χ0v) is 19.7. The molecule has 1 aliphatic rings. The molecule has 1 aliphatic heterocycles. The number of nitriles is 1. The first-order chi connectivity index (χ1) is 16.9. The lowest BCUT2D eigenvalue weighted by atomic mass is 10.1. The Bertz CT molecular complexity index is 1530. The first-order valence-corrected chi connectivity index (χ1v) is 11.5. The van der Waals surface area contributed by atoms with Gasteiger partial charge in [-0.3, -0.25) is 23.9 Å². The molecule has 7 nitrogen and oxygen atoms in total. The molecule has 3 aromatic carbocycles. The van der Waals surface area contributed by atoms with Crippen LogP contribution in [0.2, 0.25) is 10.0 Å². The summed E-state index contributed by atoms with van der Waals surface area (Å²) in [6, 6.07) is 18.2. The maximum atomic E-state index is 13.5. The van der Waals surface area contributed by atoms with Crippen LogP contribution in [0.1, 0.15) is 48.9 Å². The number of nitrogens with zero attached hydrogens (tertiary/aromatic N) is 4. The minimum Gasteiger partial charge on any atom is -0.274 e. The highest BCUT2D eigenvalue weighted by atomic mass is 35.5. The van der Waals surface area contributed by atoms with Gasteiger partial charge >= 0.3 is 0 Å². The summed E-state index contributed by atoms with van der Waals surface area (Å²) in [5.74, 6) is -0.548. The van der Waals surface area contributed by atoms with E-state index in [2.05, 4.69) is 4.98 Å². The molecule has 9 heteroatoms. The van der Waals surface area contributed by atoms with Crippen LogP contribution >= 0.6 is 23.2 Å². The van der Waals surface area contributed by atoms with Crippen molar-refractivity contribution in [3.05, 3.63) is 98.8 Å². The molecule has 0 atom stereocenters. The van der Waals surface area contributed by atoms with Crippen molar-refractivity contribution in [3.63, 3.8) is 0 Å². The third-order valence-electron chi connectivity index (χ3n) is 5.89. The summed E-state index contributed by atoms with van der Waals surface area (Å²) >= 11 is 12.4. The summed E-state index contributed by atoms with van der Waals surface area (Å²) in [7, 11) is 0. The third kappa shape index (κ3) is 3.97. The van der Waals surface area contributed by atoms with Crippen molar-refractivity contribution in [1.82, 2.24) is 14.5 Å². The van der Waals surface area contributed by atoms with E-state index in [0.717, 1.165) is 0 Å². The highest BCUT2D eigenvalue weighted by molar-refractivity contribution is 6.42. The molecule has 2 amide bonds. The summed E-state index contributed by atoms with van der Waals surface area (Å²) in [5, 5.41) is 9.64. The lowest BCUT2D eigenvalue weighted by Crippen LogP contribution is -2.31. The predicted octanol–water partition coefficient (Wildman–Crippen LogP) is 5.13. The second kappa shape index (κ2) is 8.99. The number of rotatable bonds is 5. The zero-order chi connectivity index (χ0) is 24.7. The Labute approximate surface area is 210 Å². The Morgan fingerprint density at radius 1 is 0.943 bits per heavy atom. The van der Waals surface area contributed by atoms with Gasteiger partial charge < -0.3 is 0 Å². The second-order valence-electron chi connectivity index (χ2n) is 8.02. The van der Waals surface area contributed by atoms with Crippen molar-refractivity contribution < 1.29 is 14.4 Å². The summed E-state index contributed by atoms with van der Waals surface area (Å²) in [6.07, 6.45) is 0.718. The molecule has 0 saturated carbocycles. The van der Waals surface area contributed by atoms with Gasteiger partial charge in [-0.05, 0) is 55.0 Å². The molecule has 1 aromatic heterocycles. The number of imidazole rings is 1. The number of imide groups is 1. The number of aromatic nitrogens is 2. The van der Waals surface area contributed by atoms with Crippen LogP contribution < -0.4 is 0 Å². The smallest absolute Gasteiger partial charge is 0.263 e. The summed E-state index contributed by atoms with van der Waals surface area (Å²) in [5.41, 5.74) is 2.58. The van der Waals surface area contributed by atoms with E-state index in [-0.39, 0.29) is 29.3 Å². The van der Waals surface area contributed by atoms with Crippen molar-refractivity contribution in [2.24, 2.45) is 0 Å². The van der Waals surface area contributed by atoms with E-state index in [1.807, 2.05) is 6.07 Å². The first-order valence-electron chi connectivity index (χ1n) is 10.8. The molecule has 0 saturated heterocycles. The van der Waals surface area contributed by atoms with Crippen LogP contribution in [-0.2, 0) is 6.42 Å². The van der Waals surface area contributed by atoms with Crippen LogP contribution in [0.15, 0.2) is 60.7 Å². The molecular weight excluding hydrogens is 487 g/mol. The van der Waals surface area contributed by atoms with Gasteiger partial charge in [-0.25, -0.2) is 4.98 Å². The fourth-order valence-corrected chi connectivity index (χ4v) is 4.49. The fraction of sp³-hybridized carbons (Fsp3) is 0.115. The van der Waals surface area contributed by atoms with Crippen LogP contribution in [0.25, 0.3) is 11.0 Å². The van der Waals surface area contributed by atoms with Crippen molar-refractivity contribution in [2.45, 2.75) is 12.8 Å². The normalized spacial score (nSPS) is 12.8. The number of aryl methyl sites for hydroxylation is 1. The Kier molecular flexibility index (Phi) is 5.85. The minimum atomic E-state index is -0.342. The number of fused-ring (bicyclic) bond motifs is 2. The van der Waals surface area contributed by atoms with Crippen LogP contribution in [0, 0.1) is 11.3 Å². The number of halogens is 2. The molecule has 172 valence electrons. The standard InChI is InChI=1S/C26H16Cl2N4O3/c27-19-12-21-22(13-20(19)28)32(24(33)16-9-7-15(14-29)8-10-16)23(30-21)6-3-11-31-25(34)17-4-1-2-5-18(17)26(31)35/h1-2,4-5,7-10,12-13H,3,6,11H2. The lowest BCUT2D eigenvalue weighted by molar-refractivity contribution is 0.0651. The number of hydrogen-bond acceptors (Lipinski definition) is 5. The largest absolute Gasteiger partial charge is 0.274 e. The van der Waals surface area contributed by atoms with Crippen molar-refractivity contribution in [2.75, 3.05) is 6.54 Å². The van der Waals surface area contributed by atoms with Crippen LogP contribution in [0.4, 0.5) is 0 Å². The number of amides is 2. The topological polar surface area (TPSA) is 96.1 Å². The molecule has 0 N–H and O–H groups in total. The summed E-state index contributed by atoms with van der Waals surface area (Å²) in [6.45, 7) is 0.183. The van der Waals surface area contributed by atoms with Crippen LogP contribution in [-0.4, -0.2) is 38.7 Å². The molecule has 0 aliphatic carbocycles. The molecular formula is C26H16Cl2N4O3. The zero-order valence-electron chi connectivity index (χ0n) is 18.2. The van der Waals surface area contributed by atoms with Gasteiger partial charge in [0.2, 0.25) is 0 Å². The molecule has 0 spiro atoms. The van der Waals surface area contributed by atoms with Gasteiger partial charge in [0, 0.05) is 18.5 Å². The molecule has 0 bridgehead atoms. The minimum absolute atomic E-state index is 0.183. The first kappa shape index (κ1) is 22.8. The summed E-state index contributed by atoms with van der Waals surface area (Å²) < 4.78 is 1.46. The van der Waals surface area contributed by atoms with Gasteiger partial charge in [-0.1, -0.05) is 35.3 Å². The van der Waals surface area contributed by atoms with Crippen molar-refractivity contribution in [1.29, 1.82) is 5.26 Å². The average Bonchev–Trinajstić information content (AvgIpc) is 3.33. The average molecular weight is 503 g/mol. The Hall–Kier alpha value is -3.99. The SMILES string of the molecule is N#Cc1ccc(C(=O)n2c(CCCN3C(=O)c4ccccc4C3=O)nc3cc(Cl)c(Cl)cc32)cc1. The van der Waals surface area contributed by atoms with Gasteiger partial charge in [0.1, 0.15) is 5.82 Å². The van der Waals surface area contributed by atoms with E-state index in [9.17, 15) is 14.4 Å². The van der Waals surface area contributed by atoms with Crippen LogP contribution in [0.3, 0.4) is 0 Å². The monoisotopic (exact) mass is 502 g/mol. The Balaban J connectivity index is 1.45. The number of benzene rings is 3. The highest BCUT2D eigenvalue weighted by Crippen LogP contribution is 2.30. The molecule has 0 fully saturated rings. The van der Waals surface area contributed by atoms with Gasteiger partial charge in [0.15, 0.2) is 0 Å². The van der Waals surface area contributed by atoms with Crippen molar-refractivity contribution >= 4 is 52.0 Å². The van der Waals surface area contributed by atoms with Crippen molar-refractivity contribution in [3.8, 4) is 6.07 Å². The van der Waals surface area contributed by atoms with Gasteiger partial charge in [0.05, 0.1) is 43.8 Å². The Morgan fingerprint density at radius 3 is 2.20 bits per heavy atom. The van der Waals surface area contributed by atoms with Gasteiger partial charge in [-0.2, -0.15) is 5.26 Å². The Morgan fingerprint density at radius 2 is 1.57 bits per heavy atom. The summed E-state index contributed by atoms with van der Waals surface area (Å²) in [4.78, 5) is 44.6. The predicted molar refractivity (Wildman–Crippen MR) is 131 cm³/mol.